The minimum atomic E-state index is -3.87. The maximum absolute atomic E-state index is 12.7. The highest BCUT2D eigenvalue weighted by Gasteiger charge is 2.36. The van der Waals surface area contributed by atoms with Crippen LogP contribution >= 0.6 is 11.5 Å². The van der Waals surface area contributed by atoms with E-state index >= 15 is 0 Å². The largest absolute Gasteiger partial charge is 0.420 e. The van der Waals surface area contributed by atoms with Crippen LogP contribution in [0.5, 0.6) is 0 Å². The molecule has 1 fully saturated rings. The third-order valence-electron chi connectivity index (χ3n) is 4.97. The molecule has 10 heteroatoms. The van der Waals surface area contributed by atoms with Crippen molar-refractivity contribution in [2.45, 2.75) is 23.8 Å². The average Bonchev–Trinajstić information content (AvgIpc) is 3.32. The number of nitrogens with one attached hydrogen (secondary N) is 1. The normalized spacial score (nSPS) is 15.4. The molecular formula is C19H16N4O4S2. The molecule has 1 aliphatic carbocycles. The van der Waals surface area contributed by atoms with Crippen LogP contribution in [-0.4, -0.2) is 22.3 Å². The second kappa shape index (κ2) is 6.82. The molecule has 0 amide bonds. The predicted octanol–water partition coefficient (Wildman–Crippen LogP) is 3.25. The van der Waals surface area contributed by atoms with Gasteiger partial charge in [0.1, 0.15) is 6.33 Å². The van der Waals surface area contributed by atoms with Gasteiger partial charge in [-0.15, -0.1) is 0 Å². The van der Waals surface area contributed by atoms with Gasteiger partial charge in [-0.25, -0.2) is 18.2 Å². The van der Waals surface area contributed by atoms with Crippen molar-refractivity contribution in [2.24, 2.45) is 5.92 Å². The minimum Gasteiger partial charge on any atom is -0.408 e. The van der Waals surface area contributed by atoms with Crippen LogP contribution in [0.25, 0.3) is 11.1 Å². The van der Waals surface area contributed by atoms with E-state index in [1.54, 1.807) is 10.6 Å². The van der Waals surface area contributed by atoms with Gasteiger partial charge in [-0.05, 0) is 36.5 Å². The first-order chi connectivity index (χ1) is 14.0. The fraction of sp³-hybridized carbons (Fsp3) is 0.211. The molecule has 8 nitrogen and oxygen atoms in total. The average molecular weight is 428 g/mol. The zero-order valence-electron chi connectivity index (χ0n) is 15.1. The molecule has 0 saturated heterocycles. The number of rotatable bonds is 6. The van der Waals surface area contributed by atoms with Crippen LogP contribution < -0.4 is 10.5 Å². The van der Waals surface area contributed by atoms with E-state index < -0.39 is 15.8 Å². The molecule has 29 heavy (non-hydrogen) atoms. The van der Waals surface area contributed by atoms with Gasteiger partial charge < -0.3 is 4.42 Å². The van der Waals surface area contributed by atoms with Crippen LogP contribution in [0, 0.1) is 5.92 Å². The van der Waals surface area contributed by atoms with Crippen LogP contribution in [0.1, 0.15) is 24.4 Å². The third-order valence-corrected chi connectivity index (χ3v) is 7.01. The molecule has 1 aliphatic rings. The summed E-state index contributed by atoms with van der Waals surface area (Å²) in [5, 5.41) is 0.169. The lowest BCUT2D eigenvalue weighted by molar-refractivity contribution is 0.448. The second-order valence-electron chi connectivity index (χ2n) is 6.91. The molecule has 1 saturated carbocycles. The number of aromatic nitrogens is 3. The summed E-state index contributed by atoms with van der Waals surface area (Å²) in [6, 6.07) is 14.1. The predicted molar refractivity (Wildman–Crippen MR) is 108 cm³/mol. The van der Waals surface area contributed by atoms with Crippen LogP contribution in [0.15, 0.2) is 69.0 Å². The molecule has 4 aromatic rings. The highest BCUT2D eigenvalue weighted by Crippen LogP contribution is 2.44. The topological polar surface area (TPSA) is 107 Å². The fourth-order valence-corrected chi connectivity index (χ4v) is 5.21. The van der Waals surface area contributed by atoms with Gasteiger partial charge in [-0.3, -0.25) is 9.29 Å². The maximum atomic E-state index is 12.7. The molecule has 2 aromatic heterocycles. The summed E-state index contributed by atoms with van der Waals surface area (Å²) in [5.41, 5.74) is 1.84. The van der Waals surface area contributed by atoms with Gasteiger partial charge in [0.15, 0.2) is 5.58 Å². The molecule has 0 bridgehead atoms. The molecule has 148 valence electrons. The molecule has 2 heterocycles. The van der Waals surface area contributed by atoms with E-state index in [-0.39, 0.29) is 21.7 Å². The number of oxazole rings is 1. The first-order valence-electron chi connectivity index (χ1n) is 9.02. The van der Waals surface area contributed by atoms with Crippen molar-refractivity contribution in [3.8, 4) is 0 Å². The summed E-state index contributed by atoms with van der Waals surface area (Å²) in [6.45, 7) is 0. The SMILES string of the molecule is O=c1oc2cc(S(=O)(=O)Nc3ncns3)ccc2n1C(c1ccccc1)C1CC1. The molecule has 0 radical (unpaired) electrons. The Hall–Kier alpha value is -2.98. The van der Waals surface area contributed by atoms with Crippen molar-refractivity contribution in [3.63, 3.8) is 0 Å². The van der Waals surface area contributed by atoms with Crippen molar-refractivity contribution in [2.75, 3.05) is 4.72 Å². The number of nitrogens with zero attached hydrogens (tertiary/aromatic N) is 3. The molecule has 2 aromatic carbocycles. The monoisotopic (exact) mass is 428 g/mol. The zero-order valence-corrected chi connectivity index (χ0v) is 16.7. The third kappa shape index (κ3) is 3.34. The van der Waals surface area contributed by atoms with Gasteiger partial charge in [-0.2, -0.15) is 4.37 Å². The van der Waals surface area contributed by atoms with E-state index in [9.17, 15) is 13.2 Å². The molecular weight excluding hydrogens is 412 g/mol. The summed E-state index contributed by atoms with van der Waals surface area (Å²) >= 11 is 0.937. The highest BCUT2D eigenvalue weighted by molar-refractivity contribution is 7.93. The molecule has 0 spiro atoms. The van der Waals surface area contributed by atoms with Gasteiger partial charge in [0.05, 0.1) is 16.5 Å². The molecule has 5 rings (SSSR count). The lowest BCUT2D eigenvalue weighted by atomic mass is 10.0. The molecule has 1 N–H and O–H groups in total. The molecule has 1 atom stereocenters. The Morgan fingerprint density at radius 2 is 1.97 bits per heavy atom. The van der Waals surface area contributed by atoms with Crippen LogP contribution in [0.2, 0.25) is 0 Å². The van der Waals surface area contributed by atoms with Crippen LogP contribution in [0.4, 0.5) is 5.13 Å². The number of fused-ring (bicyclic) bond motifs is 1. The number of benzene rings is 2. The van der Waals surface area contributed by atoms with E-state index in [1.807, 2.05) is 30.3 Å². The fourth-order valence-electron chi connectivity index (χ4n) is 3.53. The van der Waals surface area contributed by atoms with Gasteiger partial charge in [0, 0.05) is 17.6 Å². The Balaban J connectivity index is 1.59. The summed E-state index contributed by atoms with van der Waals surface area (Å²) in [5.74, 6) is -0.134. The Bertz CT molecular complexity index is 1320. The van der Waals surface area contributed by atoms with Gasteiger partial charge in [0.25, 0.3) is 10.0 Å². The Labute approximate surface area is 170 Å². The first-order valence-corrected chi connectivity index (χ1v) is 11.3. The van der Waals surface area contributed by atoms with Crippen molar-refractivity contribution >= 4 is 37.8 Å². The molecule has 1 unspecified atom stereocenters. The maximum Gasteiger partial charge on any atom is 0.420 e. The van der Waals surface area contributed by atoms with Crippen molar-refractivity contribution < 1.29 is 12.8 Å². The number of hydrogen-bond acceptors (Lipinski definition) is 7. The lowest BCUT2D eigenvalue weighted by Gasteiger charge is -2.18. The van der Waals surface area contributed by atoms with E-state index in [1.165, 1.54) is 18.5 Å². The Morgan fingerprint density at radius 1 is 1.17 bits per heavy atom. The smallest absolute Gasteiger partial charge is 0.408 e. The highest BCUT2D eigenvalue weighted by atomic mass is 32.2. The second-order valence-corrected chi connectivity index (χ2v) is 9.37. The zero-order chi connectivity index (χ0) is 20.0. The summed E-state index contributed by atoms with van der Waals surface area (Å²) in [7, 11) is -3.87. The summed E-state index contributed by atoms with van der Waals surface area (Å²) in [6.07, 6.45) is 3.35. The summed E-state index contributed by atoms with van der Waals surface area (Å²) < 4.78 is 38.4. The van der Waals surface area contributed by atoms with Crippen LogP contribution in [-0.2, 0) is 10.0 Å². The summed E-state index contributed by atoms with van der Waals surface area (Å²) in [4.78, 5) is 16.5. The first kappa shape index (κ1) is 18.1. The van der Waals surface area contributed by atoms with Crippen molar-refractivity contribution in [3.05, 3.63) is 71.0 Å². The van der Waals surface area contributed by atoms with E-state index in [2.05, 4.69) is 14.1 Å². The quantitative estimate of drug-likeness (QED) is 0.505. The number of anilines is 1. The van der Waals surface area contributed by atoms with E-state index in [0.717, 1.165) is 29.9 Å². The number of hydrogen-bond donors (Lipinski definition) is 1. The van der Waals surface area contributed by atoms with E-state index in [4.69, 9.17) is 4.42 Å². The van der Waals surface area contributed by atoms with Gasteiger partial charge in [0.2, 0.25) is 5.13 Å². The minimum absolute atomic E-state index is 0.0104. The standard InChI is InChI=1S/C19H16N4O4S2/c24-19-23(17(13-6-7-13)12-4-2-1-3-5-12)15-9-8-14(10-16(15)27-19)29(25,26)22-18-20-11-21-28-18/h1-5,8-11,13,17H,6-7H2,(H,20,21,22). The lowest BCUT2D eigenvalue weighted by Crippen LogP contribution is -2.23. The van der Waals surface area contributed by atoms with Crippen molar-refractivity contribution in [1.82, 2.24) is 13.9 Å². The number of sulfonamides is 1. The van der Waals surface area contributed by atoms with Crippen LogP contribution in [0.3, 0.4) is 0 Å². The van der Waals surface area contributed by atoms with Crippen molar-refractivity contribution in [1.29, 1.82) is 0 Å². The van der Waals surface area contributed by atoms with E-state index in [0.29, 0.717) is 11.4 Å². The molecule has 0 aliphatic heterocycles. The Kier molecular flexibility index (Phi) is 4.25. The van der Waals surface area contributed by atoms with Gasteiger partial charge in [-0.1, -0.05) is 30.3 Å². The Morgan fingerprint density at radius 3 is 2.66 bits per heavy atom. The van der Waals surface area contributed by atoms with Gasteiger partial charge >= 0.3 is 5.76 Å².